The standard InChI is InChI=1S/C24H28N4O2/c1-18-6-4-5-13-27(18)15-20-11-9-19(10-12-20)14-25-23(29)16-28-17-26-22-8-3-2-7-21(22)24(28)30/h2-3,7-12,17-18H,4-6,13-16H2,1H3,(H,25,29). The van der Waals surface area contributed by atoms with Gasteiger partial charge in [0.1, 0.15) is 6.54 Å². The summed E-state index contributed by atoms with van der Waals surface area (Å²) in [6.45, 7) is 4.85. The SMILES string of the molecule is CC1CCCCN1Cc1ccc(CNC(=O)Cn2cnc3ccccc3c2=O)cc1. The third-order valence-electron chi connectivity index (χ3n) is 5.88. The summed E-state index contributed by atoms with van der Waals surface area (Å²) in [4.78, 5) is 31.6. The van der Waals surface area contributed by atoms with Crippen molar-refractivity contribution in [1.82, 2.24) is 19.8 Å². The van der Waals surface area contributed by atoms with Crippen LogP contribution in [0.3, 0.4) is 0 Å². The zero-order valence-electron chi connectivity index (χ0n) is 17.4. The van der Waals surface area contributed by atoms with Crippen LogP contribution < -0.4 is 10.9 Å². The van der Waals surface area contributed by atoms with Gasteiger partial charge < -0.3 is 5.32 Å². The summed E-state index contributed by atoms with van der Waals surface area (Å²) in [7, 11) is 0. The molecule has 2 aromatic carbocycles. The maximum Gasteiger partial charge on any atom is 0.261 e. The zero-order valence-corrected chi connectivity index (χ0v) is 17.4. The Morgan fingerprint density at radius 1 is 1.10 bits per heavy atom. The van der Waals surface area contributed by atoms with Crippen LogP contribution in [0.2, 0.25) is 0 Å². The average molecular weight is 405 g/mol. The zero-order chi connectivity index (χ0) is 20.9. The molecule has 6 nitrogen and oxygen atoms in total. The molecule has 1 fully saturated rings. The lowest BCUT2D eigenvalue weighted by atomic mass is 10.0. The number of para-hydroxylation sites is 1. The van der Waals surface area contributed by atoms with Gasteiger partial charge in [-0.3, -0.25) is 19.1 Å². The summed E-state index contributed by atoms with van der Waals surface area (Å²) in [5.41, 5.74) is 2.78. The first-order chi connectivity index (χ1) is 14.6. The molecule has 0 bridgehead atoms. The van der Waals surface area contributed by atoms with Crippen LogP contribution in [-0.2, 0) is 24.4 Å². The minimum atomic E-state index is -0.208. The molecule has 4 rings (SSSR count). The fourth-order valence-electron chi connectivity index (χ4n) is 4.02. The average Bonchev–Trinajstić information content (AvgIpc) is 2.77. The normalized spacial score (nSPS) is 17.2. The predicted octanol–water partition coefficient (Wildman–Crippen LogP) is 3.09. The van der Waals surface area contributed by atoms with Crippen molar-refractivity contribution in [3.63, 3.8) is 0 Å². The smallest absolute Gasteiger partial charge is 0.261 e. The van der Waals surface area contributed by atoms with Gasteiger partial charge in [0.15, 0.2) is 0 Å². The van der Waals surface area contributed by atoms with E-state index in [0.717, 1.165) is 12.1 Å². The first-order valence-electron chi connectivity index (χ1n) is 10.6. The molecule has 1 unspecified atom stereocenters. The molecule has 1 aromatic heterocycles. The Kier molecular flexibility index (Phi) is 6.23. The number of benzene rings is 2. The van der Waals surface area contributed by atoms with Crippen molar-refractivity contribution in [2.24, 2.45) is 0 Å². The van der Waals surface area contributed by atoms with Gasteiger partial charge in [-0.05, 0) is 49.6 Å². The number of amides is 1. The number of nitrogens with zero attached hydrogens (tertiary/aromatic N) is 3. The quantitative estimate of drug-likeness (QED) is 0.686. The van der Waals surface area contributed by atoms with E-state index in [1.165, 1.54) is 42.3 Å². The number of likely N-dealkylation sites (tertiary alicyclic amines) is 1. The molecule has 6 heteroatoms. The van der Waals surface area contributed by atoms with Crippen LogP contribution in [0.1, 0.15) is 37.3 Å². The number of fused-ring (bicyclic) bond motifs is 1. The van der Waals surface area contributed by atoms with Crippen molar-refractivity contribution in [3.8, 4) is 0 Å². The van der Waals surface area contributed by atoms with E-state index in [-0.39, 0.29) is 18.0 Å². The van der Waals surface area contributed by atoms with Crippen LogP contribution in [0.25, 0.3) is 10.9 Å². The number of hydrogen-bond donors (Lipinski definition) is 1. The lowest BCUT2D eigenvalue weighted by Crippen LogP contribution is -2.36. The highest BCUT2D eigenvalue weighted by Gasteiger charge is 2.18. The molecule has 1 aliphatic rings. The Hall–Kier alpha value is -2.99. The first kappa shape index (κ1) is 20.3. The predicted molar refractivity (Wildman–Crippen MR) is 118 cm³/mol. The summed E-state index contributed by atoms with van der Waals surface area (Å²) < 4.78 is 1.35. The summed E-state index contributed by atoms with van der Waals surface area (Å²) in [6, 6.07) is 16.2. The van der Waals surface area contributed by atoms with Crippen LogP contribution in [0.5, 0.6) is 0 Å². The van der Waals surface area contributed by atoms with Crippen molar-refractivity contribution in [3.05, 3.63) is 76.3 Å². The van der Waals surface area contributed by atoms with E-state index in [9.17, 15) is 9.59 Å². The van der Waals surface area contributed by atoms with Crippen LogP contribution in [0, 0.1) is 0 Å². The minimum absolute atomic E-state index is 0.0401. The van der Waals surface area contributed by atoms with Gasteiger partial charge in [-0.25, -0.2) is 4.98 Å². The third kappa shape index (κ3) is 4.76. The van der Waals surface area contributed by atoms with Gasteiger partial charge >= 0.3 is 0 Å². The van der Waals surface area contributed by atoms with Gasteiger partial charge in [0.25, 0.3) is 5.56 Å². The fraction of sp³-hybridized carbons (Fsp3) is 0.375. The van der Waals surface area contributed by atoms with E-state index in [1.54, 1.807) is 18.2 Å². The summed E-state index contributed by atoms with van der Waals surface area (Å²) in [6.07, 6.45) is 5.32. The van der Waals surface area contributed by atoms with Gasteiger partial charge in [-0.2, -0.15) is 0 Å². The fourth-order valence-corrected chi connectivity index (χ4v) is 4.02. The summed E-state index contributed by atoms with van der Waals surface area (Å²) >= 11 is 0. The minimum Gasteiger partial charge on any atom is -0.350 e. The van der Waals surface area contributed by atoms with Crippen LogP contribution in [0.4, 0.5) is 0 Å². The molecule has 0 radical (unpaired) electrons. The van der Waals surface area contributed by atoms with E-state index < -0.39 is 0 Å². The Bertz CT molecular complexity index is 1070. The van der Waals surface area contributed by atoms with E-state index in [4.69, 9.17) is 0 Å². The Morgan fingerprint density at radius 2 is 1.87 bits per heavy atom. The van der Waals surface area contributed by atoms with Crippen molar-refractivity contribution >= 4 is 16.8 Å². The molecule has 1 amide bonds. The maximum atomic E-state index is 12.5. The number of carbonyl (C=O) groups is 1. The first-order valence-corrected chi connectivity index (χ1v) is 10.6. The molecule has 156 valence electrons. The molecular weight excluding hydrogens is 376 g/mol. The number of piperidine rings is 1. The Balaban J connectivity index is 1.32. The lowest BCUT2D eigenvalue weighted by Gasteiger charge is -2.33. The van der Waals surface area contributed by atoms with E-state index in [1.807, 2.05) is 6.07 Å². The second-order valence-corrected chi connectivity index (χ2v) is 8.10. The molecule has 0 aliphatic carbocycles. The topological polar surface area (TPSA) is 67.2 Å². The molecular formula is C24H28N4O2. The second-order valence-electron chi connectivity index (χ2n) is 8.10. The molecule has 2 heterocycles. The molecule has 3 aromatic rings. The van der Waals surface area contributed by atoms with Gasteiger partial charge in [-0.15, -0.1) is 0 Å². The van der Waals surface area contributed by atoms with Crippen molar-refractivity contribution in [1.29, 1.82) is 0 Å². The number of carbonyl (C=O) groups excluding carboxylic acids is 1. The maximum absolute atomic E-state index is 12.5. The summed E-state index contributed by atoms with van der Waals surface area (Å²) in [5.74, 6) is -0.208. The molecule has 1 saturated heterocycles. The highest BCUT2D eigenvalue weighted by molar-refractivity contribution is 5.78. The van der Waals surface area contributed by atoms with Crippen molar-refractivity contribution < 1.29 is 4.79 Å². The monoisotopic (exact) mass is 404 g/mol. The van der Waals surface area contributed by atoms with E-state index in [2.05, 4.69) is 46.4 Å². The number of hydrogen-bond acceptors (Lipinski definition) is 4. The van der Waals surface area contributed by atoms with Crippen LogP contribution >= 0.6 is 0 Å². The molecule has 30 heavy (non-hydrogen) atoms. The molecule has 1 aliphatic heterocycles. The second kappa shape index (κ2) is 9.22. The summed E-state index contributed by atoms with van der Waals surface area (Å²) in [5, 5.41) is 3.41. The van der Waals surface area contributed by atoms with Crippen molar-refractivity contribution in [2.75, 3.05) is 6.54 Å². The molecule has 0 saturated carbocycles. The Labute approximate surface area is 176 Å². The third-order valence-corrected chi connectivity index (χ3v) is 5.88. The van der Waals surface area contributed by atoms with Crippen LogP contribution in [0.15, 0.2) is 59.7 Å². The number of aromatic nitrogens is 2. The van der Waals surface area contributed by atoms with Gasteiger partial charge in [-0.1, -0.05) is 42.8 Å². The van der Waals surface area contributed by atoms with Crippen LogP contribution in [-0.4, -0.2) is 32.9 Å². The largest absolute Gasteiger partial charge is 0.350 e. The highest BCUT2D eigenvalue weighted by atomic mass is 16.2. The van der Waals surface area contributed by atoms with Gasteiger partial charge in [0.2, 0.25) is 5.91 Å². The van der Waals surface area contributed by atoms with E-state index in [0.29, 0.717) is 23.5 Å². The highest BCUT2D eigenvalue weighted by Crippen LogP contribution is 2.19. The Morgan fingerprint density at radius 3 is 2.67 bits per heavy atom. The van der Waals surface area contributed by atoms with Gasteiger partial charge in [0.05, 0.1) is 17.2 Å². The van der Waals surface area contributed by atoms with Crippen molar-refractivity contribution in [2.45, 2.75) is 51.9 Å². The number of rotatable bonds is 6. The number of nitrogens with one attached hydrogen (secondary N) is 1. The van der Waals surface area contributed by atoms with E-state index >= 15 is 0 Å². The molecule has 1 atom stereocenters. The molecule has 0 spiro atoms. The molecule has 1 N–H and O–H groups in total. The lowest BCUT2D eigenvalue weighted by molar-refractivity contribution is -0.121. The van der Waals surface area contributed by atoms with Gasteiger partial charge in [0, 0.05) is 19.1 Å².